The maximum atomic E-state index is 5.15. The van der Waals surface area contributed by atoms with Crippen LogP contribution in [0.1, 0.15) is 11.1 Å². The first kappa shape index (κ1) is 10.8. The molecule has 0 spiro atoms. The van der Waals surface area contributed by atoms with Crippen molar-refractivity contribution in [2.24, 2.45) is 0 Å². The zero-order valence-electron chi connectivity index (χ0n) is 8.42. The van der Waals surface area contributed by atoms with Crippen molar-refractivity contribution in [3.05, 3.63) is 35.4 Å². The second-order valence-electron chi connectivity index (χ2n) is 3.01. The Bertz CT molecular complexity index is 314. The lowest BCUT2D eigenvalue weighted by Gasteiger charge is -2.08. The van der Waals surface area contributed by atoms with E-state index in [1.54, 1.807) is 7.11 Å². The van der Waals surface area contributed by atoms with Crippen LogP contribution >= 0.6 is 0 Å². The number of ether oxygens (including phenoxy) is 1. The van der Waals surface area contributed by atoms with E-state index in [2.05, 4.69) is 23.4 Å². The molecule has 0 heterocycles. The summed E-state index contributed by atoms with van der Waals surface area (Å²) in [7, 11) is 1.70. The third-order valence-corrected chi connectivity index (χ3v) is 1.96. The monoisotopic (exact) mass is 189 g/mol. The summed E-state index contributed by atoms with van der Waals surface area (Å²) in [5.74, 6) is 2.55. The molecular formula is C12H15NO. The van der Waals surface area contributed by atoms with Gasteiger partial charge in [0, 0.05) is 13.7 Å². The average Bonchev–Trinajstić information content (AvgIpc) is 2.21. The zero-order chi connectivity index (χ0) is 10.2. The highest BCUT2D eigenvalue weighted by Crippen LogP contribution is 2.09. The molecule has 0 saturated heterocycles. The van der Waals surface area contributed by atoms with Gasteiger partial charge in [-0.05, 0) is 11.1 Å². The third-order valence-electron chi connectivity index (χ3n) is 1.96. The maximum Gasteiger partial charge on any atom is 0.0716 e. The smallest absolute Gasteiger partial charge is 0.0716 e. The average molecular weight is 189 g/mol. The Kier molecular flexibility index (Phi) is 4.77. The van der Waals surface area contributed by atoms with Gasteiger partial charge in [0.25, 0.3) is 0 Å². The molecule has 74 valence electrons. The van der Waals surface area contributed by atoms with E-state index in [1.807, 2.05) is 12.1 Å². The molecule has 0 amide bonds. The van der Waals surface area contributed by atoms with Gasteiger partial charge in [0.1, 0.15) is 0 Å². The highest BCUT2D eigenvalue weighted by Gasteiger charge is 1.99. The minimum atomic E-state index is 0.599. The van der Waals surface area contributed by atoms with Gasteiger partial charge in [-0.2, -0.15) is 0 Å². The Balaban J connectivity index is 2.60. The number of benzene rings is 1. The van der Waals surface area contributed by atoms with Gasteiger partial charge in [0.05, 0.1) is 13.2 Å². The minimum Gasteiger partial charge on any atom is -0.380 e. The molecule has 2 nitrogen and oxygen atoms in total. The van der Waals surface area contributed by atoms with E-state index >= 15 is 0 Å². The second kappa shape index (κ2) is 6.20. The van der Waals surface area contributed by atoms with Crippen LogP contribution < -0.4 is 5.32 Å². The molecule has 0 aromatic heterocycles. The summed E-state index contributed by atoms with van der Waals surface area (Å²) in [5, 5.41) is 3.16. The van der Waals surface area contributed by atoms with E-state index < -0.39 is 0 Å². The van der Waals surface area contributed by atoms with Crippen LogP contribution in [0, 0.1) is 12.3 Å². The predicted molar refractivity (Wildman–Crippen MR) is 57.7 cm³/mol. The number of rotatable bonds is 5. The fraction of sp³-hybridized carbons (Fsp3) is 0.333. The van der Waals surface area contributed by atoms with Crippen LogP contribution in [0.5, 0.6) is 0 Å². The van der Waals surface area contributed by atoms with Crippen LogP contribution in [0.25, 0.3) is 0 Å². The van der Waals surface area contributed by atoms with E-state index in [9.17, 15) is 0 Å². The molecule has 2 heteroatoms. The van der Waals surface area contributed by atoms with Crippen LogP contribution in [0.15, 0.2) is 24.3 Å². The molecule has 1 aromatic carbocycles. The van der Waals surface area contributed by atoms with Crippen molar-refractivity contribution in [3.8, 4) is 12.3 Å². The van der Waals surface area contributed by atoms with Crippen molar-refractivity contribution in [3.63, 3.8) is 0 Å². The van der Waals surface area contributed by atoms with Crippen molar-refractivity contribution in [1.82, 2.24) is 5.32 Å². The number of nitrogens with one attached hydrogen (secondary N) is 1. The second-order valence-corrected chi connectivity index (χ2v) is 3.01. The van der Waals surface area contributed by atoms with E-state index in [0.29, 0.717) is 13.2 Å². The van der Waals surface area contributed by atoms with Crippen LogP contribution in [0.4, 0.5) is 0 Å². The summed E-state index contributed by atoms with van der Waals surface area (Å²) in [6, 6.07) is 8.18. The summed E-state index contributed by atoms with van der Waals surface area (Å²) in [4.78, 5) is 0. The standard InChI is InChI=1S/C12H15NO/c1-3-8-13-9-11-6-4-5-7-12(11)10-14-2/h1,4-7,13H,8-10H2,2H3. The van der Waals surface area contributed by atoms with Crippen LogP contribution in [0.3, 0.4) is 0 Å². The Morgan fingerprint density at radius 1 is 1.36 bits per heavy atom. The summed E-state index contributed by atoms with van der Waals surface area (Å²) < 4.78 is 5.11. The molecule has 0 aliphatic rings. The van der Waals surface area contributed by atoms with Crippen molar-refractivity contribution in [2.45, 2.75) is 13.2 Å². The van der Waals surface area contributed by atoms with Crippen molar-refractivity contribution < 1.29 is 4.74 Å². The molecule has 0 bridgehead atoms. The Hall–Kier alpha value is -1.30. The molecule has 0 aliphatic carbocycles. The van der Waals surface area contributed by atoms with Gasteiger partial charge in [-0.15, -0.1) is 6.42 Å². The van der Waals surface area contributed by atoms with Gasteiger partial charge >= 0.3 is 0 Å². The molecular weight excluding hydrogens is 174 g/mol. The molecule has 0 saturated carbocycles. The summed E-state index contributed by atoms with van der Waals surface area (Å²) in [6.07, 6.45) is 5.15. The third kappa shape index (κ3) is 3.21. The van der Waals surface area contributed by atoms with Gasteiger partial charge in [-0.3, -0.25) is 0 Å². The van der Waals surface area contributed by atoms with Crippen LogP contribution in [-0.2, 0) is 17.9 Å². The molecule has 0 atom stereocenters. The molecule has 0 radical (unpaired) electrons. The highest BCUT2D eigenvalue weighted by molar-refractivity contribution is 5.26. The van der Waals surface area contributed by atoms with Crippen molar-refractivity contribution in [1.29, 1.82) is 0 Å². The fourth-order valence-electron chi connectivity index (χ4n) is 1.30. The first-order chi connectivity index (χ1) is 6.88. The highest BCUT2D eigenvalue weighted by atomic mass is 16.5. The molecule has 14 heavy (non-hydrogen) atoms. The first-order valence-electron chi connectivity index (χ1n) is 4.58. The summed E-state index contributed by atoms with van der Waals surface area (Å²) >= 11 is 0. The zero-order valence-corrected chi connectivity index (χ0v) is 8.42. The van der Waals surface area contributed by atoms with Gasteiger partial charge in [-0.1, -0.05) is 30.2 Å². The fourth-order valence-corrected chi connectivity index (χ4v) is 1.30. The molecule has 1 N–H and O–H groups in total. The normalized spacial score (nSPS) is 9.71. The molecule has 0 aliphatic heterocycles. The quantitative estimate of drug-likeness (QED) is 0.560. The van der Waals surface area contributed by atoms with Crippen LogP contribution in [0.2, 0.25) is 0 Å². The van der Waals surface area contributed by atoms with Crippen LogP contribution in [-0.4, -0.2) is 13.7 Å². The molecule has 1 rings (SSSR count). The molecule has 1 aromatic rings. The lowest BCUT2D eigenvalue weighted by Crippen LogP contribution is -2.14. The minimum absolute atomic E-state index is 0.599. The Morgan fingerprint density at radius 3 is 2.71 bits per heavy atom. The first-order valence-corrected chi connectivity index (χ1v) is 4.58. The number of methoxy groups -OCH3 is 1. The topological polar surface area (TPSA) is 21.3 Å². The summed E-state index contributed by atoms with van der Waals surface area (Å²) in [6.45, 7) is 2.04. The lowest BCUT2D eigenvalue weighted by molar-refractivity contribution is 0.184. The number of hydrogen-bond donors (Lipinski definition) is 1. The lowest BCUT2D eigenvalue weighted by atomic mass is 10.1. The Labute approximate surface area is 85.3 Å². The van der Waals surface area contributed by atoms with Crippen molar-refractivity contribution >= 4 is 0 Å². The van der Waals surface area contributed by atoms with Gasteiger partial charge in [0.15, 0.2) is 0 Å². The summed E-state index contributed by atoms with van der Waals surface area (Å²) in [5.41, 5.74) is 2.45. The van der Waals surface area contributed by atoms with Crippen molar-refractivity contribution in [2.75, 3.05) is 13.7 Å². The van der Waals surface area contributed by atoms with Gasteiger partial charge < -0.3 is 10.1 Å². The largest absolute Gasteiger partial charge is 0.380 e. The number of hydrogen-bond acceptors (Lipinski definition) is 2. The molecule has 0 unspecified atom stereocenters. The molecule has 0 fully saturated rings. The maximum absolute atomic E-state index is 5.15. The predicted octanol–water partition coefficient (Wildman–Crippen LogP) is 1.56. The van der Waals surface area contributed by atoms with E-state index in [0.717, 1.165) is 6.54 Å². The van der Waals surface area contributed by atoms with E-state index in [4.69, 9.17) is 11.2 Å². The van der Waals surface area contributed by atoms with Gasteiger partial charge in [0.2, 0.25) is 0 Å². The SMILES string of the molecule is C#CCNCc1ccccc1COC. The Morgan fingerprint density at radius 2 is 2.07 bits per heavy atom. The van der Waals surface area contributed by atoms with Gasteiger partial charge in [-0.25, -0.2) is 0 Å². The van der Waals surface area contributed by atoms with E-state index in [1.165, 1.54) is 11.1 Å². The number of terminal acetylenes is 1. The van der Waals surface area contributed by atoms with E-state index in [-0.39, 0.29) is 0 Å².